The number of imidazole rings is 1. The van der Waals surface area contributed by atoms with Gasteiger partial charge < -0.3 is 15.2 Å². The Morgan fingerprint density at radius 3 is 2.50 bits per heavy atom. The van der Waals surface area contributed by atoms with E-state index in [9.17, 15) is 0 Å². The van der Waals surface area contributed by atoms with Gasteiger partial charge in [-0.15, -0.1) is 0 Å². The van der Waals surface area contributed by atoms with Crippen molar-refractivity contribution >= 4 is 22.9 Å². The summed E-state index contributed by atoms with van der Waals surface area (Å²) >= 11 is 0. The average molecular weight is 323 g/mol. The maximum Gasteiger partial charge on any atom is 0.224 e. The predicted molar refractivity (Wildman–Crippen MR) is 94.7 cm³/mol. The minimum absolute atomic E-state index is 0.305. The van der Waals surface area contributed by atoms with Crippen molar-refractivity contribution in [2.45, 2.75) is 32.7 Å². The van der Waals surface area contributed by atoms with Gasteiger partial charge in [0.05, 0.1) is 0 Å². The van der Waals surface area contributed by atoms with Gasteiger partial charge in [-0.3, -0.25) is 4.98 Å². The van der Waals surface area contributed by atoms with Crippen LogP contribution < -0.4 is 10.6 Å². The molecular weight excluding hydrogens is 302 g/mol. The maximum absolute atomic E-state index is 6.00. The smallest absolute Gasteiger partial charge is 0.224 e. The summed E-state index contributed by atoms with van der Waals surface area (Å²) in [6, 6.07) is 3.93. The number of aromatic nitrogens is 5. The molecule has 0 unspecified atom stereocenters. The zero-order valence-corrected chi connectivity index (χ0v) is 13.8. The van der Waals surface area contributed by atoms with Crippen molar-refractivity contribution in [3.05, 3.63) is 24.5 Å². The highest BCUT2D eigenvalue weighted by atomic mass is 15.3. The molecule has 0 spiro atoms. The maximum atomic E-state index is 6.00. The molecule has 0 aliphatic carbocycles. The number of nitrogens with zero attached hydrogens (tertiary/aromatic N) is 6. The summed E-state index contributed by atoms with van der Waals surface area (Å²) in [6.45, 7) is 4.85. The van der Waals surface area contributed by atoms with Gasteiger partial charge in [-0.1, -0.05) is 0 Å². The third-order valence-electron chi connectivity index (χ3n) is 4.50. The summed E-state index contributed by atoms with van der Waals surface area (Å²) < 4.78 is 2.09. The number of aryl methyl sites for hydroxylation is 1. The van der Waals surface area contributed by atoms with Crippen molar-refractivity contribution in [1.29, 1.82) is 0 Å². The number of anilines is 2. The van der Waals surface area contributed by atoms with Gasteiger partial charge in [-0.25, -0.2) is 4.98 Å². The quantitative estimate of drug-likeness (QED) is 0.797. The molecular formula is C17H21N7. The van der Waals surface area contributed by atoms with E-state index in [1.807, 2.05) is 12.1 Å². The van der Waals surface area contributed by atoms with Gasteiger partial charge in [-0.05, 0) is 38.3 Å². The van der Waals surface area contributed by atoms with Crippen molar-refractivity contribution in [2.75, 3.05) is 23.7 Å². The molecule has 1 aliphatic heterocycles. The molecule has 0 aromatic carbocycles. The van der Waals surface area contributed by atoms with Crippen LogP contribution in [0, 0.1) is 0 Å². The minimum Gasteiger partial charge on any atom is -0.368 e. The summed E-state index contributed by atoms with van der Waals surface area (Å²) in [6.07, 6.45) is 7.18. The Morgan fingerprint density at radius 1 is 1.04 bits per heavy atom. The Bertz CT molecular complexity index is 850. The molecule has 4 heterocycles. The first kappa shape index (κ1) is 14.9. The molecule has 0 saturated carbocycles. The molecule has 0 atom stereocenters. The number of hydrogen-bond acceptors (Lipinski definition) is 6. The minimum atomic E-state index is 0.305. The molecule has 3 aromatic rings. The monoisotopic (exact) mass is 323 g/mol. The summed E-state index contributed by atoms with van der Waals surface area (Å²) in [5, 5.41) is 0. The number of piperidine rings is 1. The Balaban J connectivity index is 1.93. The van der Waals surface area contributed by atoms with Crippen LogP contribution in [-0.4, -0.2) is 37.6 Å². The van der Waals surface area contributed by atoms with E-state index in [1.165, 1.54) is 19.3 Å². The Kier molecular flexibility index (Phi) is 3.76. The molecule has 124 valence electrons. The highest BCUT2D eigenvalue weighted by molar-refractivity contribution is 5.88. The number of nitrogens with two attached hydrogens (primary N) is 1. The van der Waals surface area contributed by atoms with Gasteiger partial charge >= 0.3 is 0 Å². The van der Waals surface area contributed by atoms with Crippen LogP contribution in [0.25, 0.3) is 22.6 Å². The summed E-state index contributed by atoms with van der Waals surface area (Å²) in [7, 11) is 0. The SMILES string of the molecule is CCn1c(-c2ccncc2)nc2c(N3CCCCC3)nc(N)nc21. The molecule has 1 saturated heterocycles. The average Bonchev–Trinajstić information content (AvgIpc) is 3.01. The second-order valence-electron chi connectivity index (χ2n) is 6.04. The molecule has 1 fully saturated rings. The number of pyridine rings is 1. The van der Waals surface area contributed by atoms with Crippen molar-refractivity contribution in [2.24, 2.45) is 0 Å². The van der Waals surface area contributed by atoms with Crippen LogP contribution in [0.4, 0.5) is 11.8 Å². The zero-order valence-electron chi connectivity index (χ0n) is 13.8. The molecule has 1 aliphatic rings. The van der Waals surface area contributed by atoms with Crippen molar-refractivity contribution in [3.8, 4) is 11.4 Å². The van der Waals surface area contributed by atoms with Crippen LogP contribution in [0.1, 0.15) is 26.2 Å². The Labute approximate surface area is 140 Å². The molecule has 0 radical (unpaired) electrons. The number of rotatable bonds is 3. The van der Waals surface area contributed by atoms with Crippen LogP contribution in [-0.2, 0) is 6.54 Å². The lowest BCUT2D eigenvalue weighted by Crippen LogP contribution is -2.30. The zero-order chi connectivity index (χ0) is 16.5. The Morgan fingerprint density at radius 2 is 1.79 bits per heavy atom. The lowest BCUT2D eigenvalue weighted by molar-refractivity contribution is 0.574. The summed E-state index contributed by atoms with van der Waals surface area (Å²) in [4.78, 5) is 20.2. The van der Waals surface area contributed by atoms with Crippen molar-refractivity contribution < 1.29 is 0 Å². The third kappa shape index (κ3) is 2.46. The fraction of sp³-hybridized carbons (Fsp3) is 0.412. The highest BCUT2D eigenvalue weighted by Gasteiger charge is 2.22. The molecule has 24 heavy (non-hydrogen) atoms. The number of hydrogen-bond donors (Lipinski definition) is 1. The highest BCUT2D eigenvalue weighted by Crippen LogP contribution is 2.30. The van der Waals surface area contributed by atoms with Crippen molar-refractivity contribution in [1.82, 2.24) is 24.5 Å². The molecule has 2 N–H and O–H groups in total. The first-order valence-electron chi connectivity index (χ1n) is 8.47. The van der Waals surface area contributed by atoms with Crippen LogP contribution in [0.2, 0.25) is 0 Å². The third-order valence-corrected chi connectivity index (χ3v) is 4.50. The molecule has 0 bridgehead atoms. The van der Waals surface area contributed by atoms with Crippen LogP contribution in [0.15, 0.2) is 24.5 Å². The largest absolute Gasteiger partial charge is 0.368 e. The van der Waals surface area contributed by atoms with Gasteiger partial charge in [-0.2, -0.15) is 9.97 Å². The summed E-state index contributed by atoms with van der Waals surface area (Å²) in [5.41, 5.74) is 8.66. The molecule has 0 amide bonds. The number of nitrogen functional groups attached to an aromatic ring is 1. The molecule has 7 nitrogen and oxygen atoms in total. The second kappa shape index (κ2) is 6.07. The van der Waals surface area contributed by atoms with E-state index in [4.69, 9.17) is 10.7 Å². The van der Waals surface area contributed by atoms with Gasteiger partial charge in [0, 0.05) is 37.6 Å². The molecule has 7 heteroatoms. The van der Waals surface area contributed by atoms with Gasteiger partial charge in [0.25, 0.3) is 0 Å². The lowest BCUT2D eigenvalue weighted by atomic mass is 10.1. The van der Waals surface area contributed by atoms with Crippen LogP contribution in [0.3, 0.4) is 0 Å². The van der Waals surface area contributed by atoms with E-state index in [0.29, 0.717) is 5.95 Å². The van der Waals surface area contributed by atoms with Gasteiger partial charge in [0.1, 0.15) is 5.82 Å². The normalized spacial score (nSPS) is 15.1. The van der Waals surface area contributed by atoms with E-state index in [2.05, 4.69) is 31.3 Å². The first-order valence-corrected chi connectivity index (χ1v) is 8.47. The van der Waals surface area contributed by atoms with Gasteiger partial charge in [0.15, 0.2) is 17.0 Å². The van der Waals surface area contributed by atoms with Crippen LogP contribution in [0.5, 0.6) is 0 Å². The fourth-order valence-electron chi connectivity index (χ4n) is 3.35. The van der Waals surface area contributed by atoms with E-state index in [0.717, 1.165) is 48.0 Å². The van der Waals surface area contributed by atoms with Crippen LogP contribution >= 0.6 is 0 Å². The molecule has 3 aromatic heterocycles. The fourth-order valence-corrected chi connectivity index (χ4v) is 3.35. The summed E-state index contributed by atoms with van der Waals surface area (Å²) in [5.74, 6) is 2.05. The van der Waals surface area contributed by atoms with Gasteiger partial charge in [0.2, 0.25) is 5.95 Å². The topological polar surface area (TPSA) is 85.8 Å². The van der Waals surface area contributed by atoms with E-state index in [-0.39, 0.29) is 0 Å². The Hall–Kier alpha value is -2.70. The van der Waals surface area contributed by atoms with Crippen molar-refractivity contribution in [3.63, 3.8) is 0 Å². The lowest BCUT2D eigenvalue weighted by Gasteiger charge is -2.27. The molecule has 4 rings (SSSR count). The van der Waals surface area contributed by atoms with E-state index in [1.54, 1.807) is 12.4 Å². The van der Waals surface area contributed by atoms with E-state index < -0.39 is 0 Å². The number of fused-ring (bicyclic) bond motifs is 1. The standard InChI is InChI=1S/C17H21N7/c1-2-24-14(12-6-8-19-9-7-12)20-13-15(21-17(18)22-16(13)24)23-10-4-3-5-11-23/h6-9H,2-5,10-11H2,1H3,(H2,18,21,22). The first-order chi connectivity index (χ1) is 11.8. The predicted octanol–water partition coefficient (Wildman–Crippen LogP) is 2.48. The second-order valence-corrected chi connectivity index (χ2v) is 6.04. The van der Waals surface area contributed by atoms with E-state index >= 15 is 0 Å².